The minimum Gasteiger partial charge on any atom is -0.308 e. The Balaban J connectivity index is 1.70. The van der Waals surface area contributed by atoms with Crippen molar-refractivity contribution in [2.75, 3.05) is 5.32 Å². The molecule has 2 aromatic carbocycles. The van der Waals surface area contributed by atoms with Crippen LogP contribution in [-0.4, -0.2) is 16.0 Å². The number of carbonyl (C=O) groups excluding carboxylic acids is 1. The molecule has 0 aliphatic carbocycles. The van der Waals surface area contributed by atoms with E-state index >= 15 is 0 Å². The van der Waals surface area contributed by atoms with Crippen LogP contribution in [0.3, 0.4) is 0 Å². The van der Waals surface area contributed by atoms with Crippen LogP contribution in [0.15, 0.2) is 42.5 Å². The Morgan fingerprint density at radius 2 is 1.96 bits per heavy atom. The molecule has 1 amide bonds. The monoisotopic (exact) mass is 381 g/mol. The lowest BCUT2D eigenvalue weighted by Gasteiger charge is -2.08. The van der Waals surface area contributed by atoms with Crippen molar-refractivity contribution in [1.29, 1.82) is 0 Å². The molecule has 8 heteroatoms. The molecule has 0 aliphatic heterocycles. The van der Waals surface area contributed by atoms with Gasteiger partial charge in [0, 0.05) is 5.02 Å². The first kappa shape index (κ1) is 16.1. The summed E-state index contributed by atoms with van der Waals surface area (Å²) in [5.74, 6) is -0.412. The molecular formula is C15H9Cl2N3OS2. The number of para-hydroxylation sites is 1. The van der Waals surface area contributed by atoms with Crippen LogP contribution < -0.4 is 10.6 Å². The molecule has 0 aliphatic rings. The van der Waals surface area contributed by atoms with Crippen molar-refractivity contribution in [3.8, 4) is 0 Å². The van der Waals surface area contributed by atoms with Crippen LogP contribution in [0, 0.1) is 0 Å². The second-order valence-electron chi connectivity index (χ2n) is 4.52. The Hall–Kier alpha value is -1.73. The van der Waals surface area contributed by atoms with Crippen LogP contribution in [0.4, 0.5) is 5.13 Å². The molecule has 116 valence electrons. The van der Waals surface area contributed by atoms with Crippen molar-refractivity contribution in [2.24, 2.45) is 0 Å². The highest BCUT2D eigenvalue weighted by Crippen LogP contribution is 2.25. The fourth-order valence-electron chi connectivity index (χ4n) is 1.90. The first-order chi connectivity index (χ1) is 11.0. The van der Waals surface area contributed by atoms with E-state index in [0.29, 0.717) is 15.7 Å². The molecule has 0 saturated heterocycles. The fourth-order valence-corrected chi connectivity index (χ4v) is 3.52. The zero-order valence-corrected chi connectivity index (χ0v) is 14.6. The van der Waals surface area contributed by atoms with E-state index in [1.165, 1.54) is 17.4 Å². The molecule has 2 N–H and O–H groups in total. The zero-order valence-electron chi connectivity index (χ0n) is 11.5. The van der Waals surface area contributed by atoms with Crippen LogP contribution in [0.25, 0.3) is 10.2 Å². The molecule has 0 unspecified atom stereocenters. The number of nitrogens with zero attached hydrogens (tertiary/aromatic N) is 1. The van der Waals surface area contributed by atoms with Gasteiger partial charge in [-0.15, -0.1) is 0 Å². The summed E-state index contributed by atoms with van der Waals surface area (Å²) in [5.41, 5.74) is 1.17. The van der Waals surface area contributed by atoms with E-state index in [2.05, 4.69) is 15.6 Å². The second-order valence-corrected chi connectivity index (χ2v) is 6.80. The van der Waals surface area contributed by atoms with Crippen molar-refractivity contribution in [3.63, 3.8) is 0 Å². The van der Waals surface area contributed by atoms with Gasteiger partial charge >= 0.3 is 0 Å². The van der Waals surface area contributed by atoms with Crippen LogP contribution in [0.1, 0.15) is 10.4 Å². The lowest BCUT2D eigenvalue weighted by Crippen LogP contribution is -2.34. The van der Waals surface area contributed by atoms with E-state index in [0.717, 1.165) is 10.2 Å². The molecule has 0 saturated carbocycles. The number of thiazole rings is 1. The third-order valence-electron chi connectivity index (χ3n) is 2.92. The molecule has 0 spiro atoms. The molecule has 4 nitrogen and oxygen atoms in total. The van der Waals surface area contributed by atoms with Gasteiger partial charge in [0.25, 0.3) is 5.91 Å². The average Bonchev–Trinajstić information content (AvgIpc) is 2.88. The molecule has 0 radical (unpaired) electrons. The van der Waals surface area contributed by atoms with Gasteiger partial charge in [0.15, 0.2) is 10.2 Å². The Morgan fingerprint density at radius 3 is 2.70 bits per heavy atom. The highest BCUT2D eigenvalue weighted by molar-refractivity contribution is 7.80. The Morgan fingerprint density at radius 1 is 1.17 bits per heavy atom. The first-order valence-corrected chi connectivity index (χ1v) is 8.44. The number of hydrogen-bond donors (Lipinski definition) is 2. The molecule has 3 aromatic rings. The number of hydrogen-bond acceptors (Lipinski definition) is 4. The smallest absolute Gasteiger partial charge is 0.258 e. The average molecular weight is 382 g/mol. The maximum Gasteiger partial charge on any atom is 0.258 e. The molecule has 0 bridgehead atoms. The minimum atomic E-state index is -0.412. The van der Waals surface area contributed by atoms with Gasteiger partial charge in [-0.1, -0.05) is 46.7 Å². The van der Waals surface area contributed by atoms with Crippen molar-refractivity contribution >= 4 is 73.1 Å². The highest BCUT2D eigenvalue weighted by Gasteiger charge is 2.13. The summed E-state index contributed by atoms with van der Waals surface area (Å²) in [7, 11) is 0. The van der Waals surface area contributed by atoms with Gasteiger partial charge in [-0.05, 0) is 42.5 Å². The maximum absolute atomic E-state index is 12.2. The van der Waals surface area contributed by atoms with Gasteiger partial charge in [0.1, 0.15) is 0 Å². The van der Waals surface area contributed by atoms with Gasteiger partial charge in [-0.3, -0.25) is 10.1 Å². The quantitative estimate of drug-likeness (QED) is 0.630. The molecule has 0 fully saturated rings. The summed E-state index contributed by atoms with van der Waals surface area (Å²) < 4.78 is 1.03. The lowest BCUT2D eigenvalue weighted by atomic mass is 10.2. The Kier molecular flexibility index (Phi) is 4.77. The predicted molar refractivity (Wildman–Crippen MR) is 99.8 cm³/mol. The number of aromatic nitrogens is 1. The van der Waals surface area contributed by atoms with Crippen molar-refractivity contribution in [2.45, 2.75) is 0 Å². The topological polar surface area (TPSA) is 54.0 Å². The number of fused-ring (bicyclic) bond motifs is 1. The van der Waals surface area contributed by atoms with Gasteiger partial charge in [-0.2, -0.15) is 0 Å². The standard InChI is InChI=1S/C15H9Cl2N3OS2/c16-8-5-6-9(10(17)7-8)13(21)19-14(22)20-15-18-11-3-1-2-4-12(11)23-15/h1-7H,(H2,18,19,20,21,22). The number of anilines is 1. The van der Waals surface area contributed by atoms with E-state index in [1.807, 2.05) is 24.3 Å². The summed E-state index contributed by atoms with van der Waals surface area (Å²) >= 11 is 18.4. The number of carbonyl (C=O) groups is 1. The number of nitrogens with one attached hydrogen (secondary N) is 2. The molecule has 1 aromatic heterocycles. The van der Waals surface area contributed by atoms with Gasteiger partial charge in [-0.25, -0.2) is 4.98 Å². The molecule has 3 rings (SSSR count). The second kappa shape index (κ2) is 6.80. The summed E-state index contributed by atoms with van der Waals surface area (Å²) in [6, 6.07) is 12.4. The van der Waals surface area contributed by atoms with E-state index in [1.54, 1.807) is 12.1 Å². The Labute approximate surface area is 151 Å². The lowest BCUT2D eigenvalue weighted by molar-refractivity contribution is 0.0978. The van der Waals surface area contributed by atoms with E-state index in [9.17, 15) is 4.79 Å². The third-order valence-corrected chi connectivity index (χ3v) is 4.62. The summed E-state index contributed by atoms with van der Waals surface area (Å²) in [5, 5.41) is 6.96. The highest BCUT2D eigenvalue weighted by atomic mass is 35.5. The SMILES string of the molecule is O=C(NC(=S)Nc1nc2ccccc2s1)c1ccc(Cl)cc1Cl. The minimum absolute atomic E-state index is 0.153. The summed E-state index contributed by atoms with van der Waals surface area (Å²) in [4.78, 5) is 16.6. The van der Waals surface area contributed by atoms with Crippen LogP contribution in [-0.2, 0) is 0 Å². The number of halogens is 2. The van der Waals surface area contributed by atoms with Crippen molar-refractivity contribution < 1.29 is 4.79 Å². The van der Waals surface area contributed by atoms with E-state index in [-0.39, 0.29) is 10.1 Å². The fraction of sp³-hybridized carbons (Fsp3) is 0. The van der Waals surface area contributed by atoms with Crippen LogP contribution in [0.2, 0.25) is 10.0 Å². The van der Waals surface area contributed by atoms with Crippen LogP contribution >= 0.6 is 46.8 Å². The van der Waals surface area contributed by atoms with Crippen LogP contribution in [0.5, 0.6) is 0 Å². The van der Waals surface area contributed by atoms with E-state index < -0.39 is 5.91 Å². The normalized spacial score (nSPS) is 10.5. The van der Waals surface area contributed by atoms with Crippen molar-refractivity contribution in [1.82, 2.24) is 10.3 Å². The maximum atomic E-state index is 12.2. The van der Waals surface area contributed by atoms with Gasteiger partial charge in [0.05, 0.1) is 20.8 Å². The number of benzene rings is 2. The predicted octanol–water partition coefficient (Wildman–Crippen LogP) is 4.73. The number of amides is 1. The van der Waals surface area contributed by atoms with E-state index in [4.69, 9.17) is 35.4 Å². The molecule has 23 heavy (non-hydrogen) atoms. The Bertz CT molecular complexity index is 878. The zero-order chi connectivity index (χ0) is 16.4. The molecule has 1 heterocycles. The van der Waals surface area contributed by atoms with Crippen molar-refractivity contribution in [3.05, 3.63) is 58.1 Å². The third kappa shape index (κ3) is 3.79. The van der Waals surface area contributed by atoms with Gasteiger partial charge in [0.2, 0.25) is 0 Å². The molecule has 0 atom stereocenters. The summed E-state index contributed by atoms with van der Waals surface area (Å²) in [6.07, 6.45) is 0. The largest absolute Gasteiger partial charge is 0.308 e. The number of rotatable bonds is 2. The summed E-state index contributed by atoms with van der Waals surface area (Å²) in [6.45, 7) is 0. The van der Waals surface area contributed by atoms with Gasteiger partial charge < -0.3 is 5.32 Å². The molecular weight excluding hydrogens is 373 g/mol. The first-order valence-electron chi connectivity index (χ1n) is 6.46. The number of thiocarbonyl (C=S) groups is 1.